The summed E-state index contributed by atoms with van der Waals surface area (Å²) in [6.45, 7) is 1.96. The van der Waals surface area contributed by atoms with Crippen molar-refractivity contribution in [2.75, 3.05) is 0 Å². The van der Waals surface area contributed by atoms with Crippen LogP contribution in [0.4, 0.5) is 0 Å². The number of ketones is 2. The third-order valence-corrected chi connectivity index (χ3v) is 5.32. The summed E-state index contributed by atoms with van der Waals surface area (Å²) in [6.07, 6.45) is 0. The van der Waals surface area contributed by atoms with Gasteiger partial charge in [0.05, 0.1) is 5.52 Å². The van der Waals surface area contributed by atoms with Crippen molar-refractivity contribution in [3.05, 3.63) is 101 Å². The number of carbonyl (C=O) groups excluding carboxylic acids is 2. The fourth-order valence-electron chi connectivity index (χ4n) is 3.77. The van der Waals surface area contributed by atoms with Crippen molar-refractivity contribution in [3.63, 3.8) is 0 Å². The van der Waals surface area contributed by atoms with Crippen molar-refractivity contribution in [1.29, 1.82) is 0 Å². The Morgan fingerprint density at radius 3 is 2.20 bits per heavy atom. The maximum atomic E-state index is 13.5. The molecule has 1 aliphatic carbocycles. The molecule has 4 aromatic rings. The Bertz CT molecular complexity index is 1320. The van der Waals surface area contributed by atoms with Gasteiger partial charge in [-0.15, -0.1) is 5.10 Å². The summed E-state index contributed by atoms with van der Waals surface area (Å²) in [4.78, 5) is 26.9. The van der Waals surface area contributed by atoms with Crippen LogP contribution in [0, 0.1) is 0 Å². The predicted molar refractivity (Wildman–Crippen MR) is 114 cm³/mol. The van der Waals surface area contributed by atoms with Crippen LogP contribution in [0.1, 0.15) is 39.2 Å². The van der Waals surface area contributed by atoms with Gasteiger partial charge in [-0.05, 0) is 24.6 Å². The third-order valence-electron chi connectivity index (χ3n) is 5.32. The molecule has 6 nitrogen and oxygen atoms in total. The number of aromatic nitrogens is 3. The number of carbonyl (C=O) groups is 2. The molecule has 5 rings (SSSR count). The molecule has 1 aliphatic rings. The Morgan fingerprint density at radius 2 is 1.43 bits per heavy atom. The number of Topliss-reactive ketones (excluding diaryl/α,β-unsaturated/α-hetero) is 2. The quantitative estimate of drug-likeness (QED) is 0.566. The average Bonchev–Trinajstić information content (AvgIpc) is 3.22. The summed E-state index contributed by atoms with van der Waals surface area (Å²) in [5.41, 5.74) is 3.50. The Labute approximate surface area is 172 Å². The first-order valence-electron chi connectivity index (χ1n) is 9.70. The molecule has 1 unspecified atom stereocenters. The van der Waals surface area contributed by atoms with Gasteiger partial charge in [0.15, 0.2) is 0 Å². The molecule has 1 heterocycles. The van der Waals surface area contributed by atoms with E-state index in [4.69, 9.17) is 0 Å². The Kier molecular flexibility index (Phi) is 4.25. The smallest absolute Gasteiger partial charge is 0.214 e. The van der Waals surface area contributed by atoms with Crippen LogP contribution in [-0.2, 0) is 0 Å². The van der Waals surface area contributed by atoms with Crippen LogP contribution >= 0.6 is 0 Å². The molecule has 30 heavy (non-hydrogen) atoms. The molecule has 0 bridgehead atoms. The largest absolute Gasteiger partial charge is 0.373 e. The van der Waals surface area contributed by atoms with Crippen molar-refractivity contribution >= 4 is 28.3 Å². The van der Waals surface area contributed by atoms with Gasteiger partial charge >= 0.3 is 0 Å². The van der Waals surface area contributed by atoms with E-state index in [9.17, 15) is 9.59 Å². The molecule has 3 aromatic carbocycles. The van der Waals surface area contributed by atoms with Gasteiger partial charge in [0.2, 0.25) is 11.6 Å². The van der Waals surface area contributed by atoms with Crippen molar-refractivity contribution in [2.45, 2.75) is 13.0 Å². The number of hydrogen-bond acceptors (Lipinski definition) is 5. The van der Waals surface area contributed by atoms with Crippen LogP contribution in [-0.4, -0.2) is 26.6 Å². The number of fused-ring (bicyclic) bond motifs is 2. The summed E-state index contributed by atoms with van der Waals surface area (Å²) in [5.74, 6) is -0.494. The van der Waals surface area contributed by atoms with Crippen molar-refractivity contribution in [2.24, 2.45) is 0 Å². The topological polar surface area (TPSA) is 76.9 Å². The standard InChI is InChI=1S/C24H18N4O2/c1-15(16-9-3-2-4-10-16)25-21-22(28-20-14-8-7-13-19(20)26-27-28)24(30)18-12-6-5-11-17(18)23(21)29/h2-15,25H,1H3. The molecule has 1 atom stereocenters. The van der Waals surface area contributed by atoms with Gasteiger partial charge in [0.25, 0.3) is 0 Å². The van der Waals surface area contributed by atoms with Crippen LogP contribution in [0.5, 0.6) is 0 Å². The lowest BCUT2D eigenvalue weighted by Crippen LogP contribution is -2.33. The van der Waals surface area contributed by atoms with Crippen LogP contribution in [0.2, 0.25) is 0 Å². The third kappa shape index (κ3) is 2.81. The number of allylic oxidation sites excluding steroid dienone is 2. The minimum Gasteiger partial charge on any atom is -0.373 e. The molecule has 0 saturated carbocycles. The van der Waals surface area contributed by atoms with E-state index in [0.717, 1.165) is 5.56 Å². The molecule has 0 aliphatic heterocycles. The summed E-state index contributed by atoms with van der Waals surface area (Å²) in [7, 11) is 0. The van der Waals surface area contributed by atoms with Gasteiger partial charge in [-0.1, -0.05) is 71.9 Å². The Hall–Kier alpha value is -4.06. The van der Waals surface area contributed by atoms with Crippen molar-refractivity contribution < 1.29 is 9.59 Å². The van der Waals surface area contributed by atoms with Gasteiger partial charge in [-0.25, -0.2) is 4.68 Å². The summed E-state index contributed by atoms with van der Waals surface area (Å²) in [6, 6.07) is 23.8. The Balaban J connectivity index is 1.71. The summed E-state index contributed by atoms with van der Waals surface area (Å²) < 4.78 is 1.46. The predicted octanol–water partition coefficient (Wildman–Crippen LogP) is 4.03. The second kappa shape index (κ2) is 7.08. The van der Waals surface area contributed by atoms with Gasteiger partial charge in [-0.2, -0.15) is 0 Å². The fraction of sp³-hybridized carbons (Fsp3) is 0.0833. The molecular formula is C24H18N4O2. The highest BCUT2D eigenvalue weighted by Gasteiger charge is 2.35. The monoisotopic (exact) mass is 394 g/mol. The van der Waals surface area contributed by atoms with Crippen LogP contribution < -0.4 is 5.32 Å². The number of para-hydroxylation sites is 1. The lowest BCUT2D eigenvalue weighted by Gasteiger charge is -2.25. The van der Waals surface area contributed by atoms with E-state index in [1.54, 1.807) is 24.3 Å². The van der Waals surface area contributed by atoms with E-state index in [0.29, 0.717) is 22.2 Å². The minimum absolute atomic E-state index is 0.187. The zero-order chi connectivity index (χ0) is 20.7. The van der Waals surface area contributed by atoms with Gasteiger partial charge in [0.1, 0.15) is 16.9 Å². The highest BCUT2D eigenvalue weighted by molar-refractivity contribution is 6.37. The van der Waals surface area contributed by atoms with Crippen LogP contribution in [0.15, 0.2) is 84.6 Å². The lowest BCUT2D eigenvalue weighted by molar-refractivity contribution is 0.0979. The molecule has 0 radical (unpaired) electrons. The van der Waals surface area contributed by atoms with E-state index >= 15 is 0 Å². The molecule has 0 spiro atoms. The van der Waals surface area contributed by atoms with E-state index in [-0.39, 0.29) is 29.0 Å². The number of benzene rings is 3. The summed E-state index contributed by atoms with van der Waals surface area (Å²) >= 11 is 0. The molecule has 1 N–H and O–H groups in total. The zero-order valence-electron chi connectivity index (χ0n) is 16.2. The Morgan fingerprint density at radius 1 is 0.800 bits per heavy atom. The van der Waals surface area contributed by atoms with Crippen LogP contribution in [0.3, 0.4) is 0 Å². The zero-order valence-corrected chi connectivity index (χ0v) is 16.2. The maximum Gasteiger partial charge on any atom is 0.214 e. The second-order valence-corrected chi connectivity index (χ2v) is 7.19. The highest BCUT2D eigenvalue weighted by atomic mass is 16.1. The van der Waals surface area contributed by atoms with Gasteiger partial charge < -0.3 is 5.32 Å². The van der Waals surface area contributed by atoms with Crippen LogP contribution in [0.25, 0.3) is 16.7 Å². The number of nitrogens with one attached hydrogen (secondary N) is 1. The van der Waals surface area contributed by atoms with E-state index in [1.165, 1.54) is 4.68 Å². The summed E-state index contributed by atoms with van der Waals surface area (Å²) in [5, 5.41) is 11.7. The molecule has 0 amide bonds. The van der Waals surface area contributed by atoms with Crippen molar-refractivity contribution in [3.8, 4) is 0 Å². The van der Waals surface area contributed by atoms with E-state index in [1.807, 2.05) is 61.5 Å². The molecule has 146 valence electrons. The minimum atomic E-state index is -0.261. The average molecular weight is 394 g/mol. The molecule has 0 saturated heterocycles. The normalized spacial score (nSPS) is 14.7. The molecular weight excluding hydrogens is 376 g/mol. The maximum absolute atomic E-state index is 13.5. The molecule has 6 heteroatoms. The fourth-order valence-corrected chi connectivity index (χ4v) is 3.77. The van der Waals surface area contributed by atoms with Crippen molar-refractivity contribution in [1.82, 2.24) is 20.3 Å². The first-order valence-corrected chi connectivity index (χ1v) is 9.70. The molecule has 0 fully saturated rings. The van der Waals surface area contributed by atoms with E-state index in [2.05, 4.69) is 15.6 Å². The van der Waals surface area contributed by atoms with Gasteiger partial charge in [0, 0.05) is 17.2 Å². The number of rotatable bonds is 4. The van der Waals surface area contributed by atoms with E-state index < -0.39 is 0 Å². The van der Waals surface area contributed by atoms with Gasteiger partial charge in [-0.3, -0.25) is 9.59 Å². The SMILES string of the molecule is CC(NC1=C(n2nnc3ccccc32)C(=O)c2ccccc2C1=O)c1ccccc1. The number of nitrogens with zero attached hydrogens (tertiary/aromatic N) is 3. The first-order chi connectivity index (χ1) is 14.6. The number of hydrogen-bond donors (Lipinski definition) is 1. The highest BCUT2D eigenvalue weighted by Crippen LogP contribution is 2.30. The lowest BCUT2D eigenvalue weighted by atomic mass is 9.89. The molecule has 1 aromatic heterocycles. The second-order valence-electron chi connectivity index (χ2n) is 7.19. The first kappa shape index (κ1) is 18.0.